The fourth-order valence-electron chi connectivity index (χ4n) is 1.98. The van der Waals surface area contributed by atoms with Crippen molar-refractivity contribution in [3.63, 3.8) is 0 Å². The van der Waals surface area contributed by atoms with E-state index in [1.165, 1.54) is 0 Å². The molecule has 0 bridgehead atoms. The van der Waals surface area contributed by atoms with E-state index in [4.69, 9.17) is 10.2 Å². The van der Waals surface area contributed by atoms with E-state index in [1.54, 1.807) is 30.5 Å². The molecule has 0 saturated heterocycles. The summed E-state index contributed by atoms with van der Waals surface area (Å²) in [5, 5.41) is 2.91. The van der Waals surface area contributed by atoms with Crippen LogP contribution in [0.3, 0.4) is 0 Å². The molecule has 5 heteroatoms. The van der Waals surface area contributed by atoms with E-state index in [0.29, 0.717) is 11.1 Å². The van der Waals surface area contributed by atoms with Crippen LogP contribution in [0.25, 0.3) is 0 Å². The highest BCUT2D eigenvalue weighted by atomic mass is 16.3. The number of furan rings is 1. The lowest BCUT2D eigenvalue weighted by atomic mass is 10.1. The van der Waals surface area contributed by atoms with Gasteiger partial charge in [0.25, 0.3) is 5.91 Å². The molecule has 0 aliphatic heterocycles. The molecule has 1 heterocycles. The van der Waals surface area contributed by atoms with Gasteiger partial charge in [-0.05, 0) is 49.7 Å². The van der Waals surface area contributed by atoms with Crippen LogP contribution in [-0.2, 0) is 6.42 Å². The third kappa shape index (κ3) is 4.21. The second-order valence-corrected chi connectivity index (χ2v) is 4.93. The highest BCUT2D eigenvalue weighted by molar-refractivity contribution is 5.97. The molecule has 0 radical (unpaired) electrons. The van der Waals surface area contributed by atoms with E-state index >= 15 is 0 Å². The molecule has 0 saturated carbocycles. The Morgan fingerprint density at radius 3 is 2.43 bits per heavy atom. The Balaban J connectivity index is 1.86. The topological polar surface area (TPSA) is 85.3 Å². The van der Waals surface area contributed by atoms with E-state index < -0.39 is 5.91 Å². The SMILES string of the molecule is C[C@H](CCc1ccco1)NC(=O)c1ccc(C(N)=O)cc1. The van der Waals surface area contributed by atoms with Crippen LogP contribution in [-0.4, -0.2) is 17.9 Å². The number of carbonyl (C=O) groups is 2. The molecule has 0 aliphatic carbocycles. The van der Waals surface area contributed by atoms with E-state index in [9.17, 15) is 9.59 Å². The van der Waals surface area contributed by atoms with Gasteiger partial charge >= 0.3 is 0 Å². The number of amides is 2. The Hall–Kier alpha value is -2.56. The maximum Gasteiger partial charge on any atom is 0.251 e. The molecule has 0 unspecified atom stereocenters. The summed E-state index contributed by atoms with van der Waals surface area (Å²) in [6.45, 7) is 1.94. The van der Waals surface area contributed by atoms with Crippen molar-refractivity contribution in [2.75, 3.05) is 0 Å². The normalized spacial score (nSPS) is 11.9. The maximum atomic E-state index is 12.0. The molecular weight excluding hydrogens is 268 g/mol. The number of rotatable bonds is 6. The highest BCUT2D eigenvalue weighted by Gasteiger charge is 2.11. The number of benzene rings is 1. The van der Waals surface area contributed by atoms with Crippen LogP contribution in [0.15, 0.2) is 47.1 Å². The zero-order valence-electron chi connectivity index (χ0n) is 11.8. The van der Waals surface area contributed by atoms with Crippen LogP contribution in [0, 0.1) is 0 Å². The molecule has 110 valence electrons. The first-order valence-corrected chi connectivity index (χ1v) is 6.79. The number of aryl methyl sites for hydroxylation is 1. The summed E-state index contributed by atoms with van der Waals surface area (Å²) >= 11 is 0. The molecule has 21 heavy (non-hydrogen) atoms. The summed E-state index contributed by atoms with van der Waals surface area (Å²) in [7, 11) is 0. The van der Waals surface area contributed by atoms with Gasteiger partial charge in [0, 0.05) is 23.6 Å². The molecular formula is C16H18N2O3. The van der Waals surface area contributed by atoms with Crippen LogP contribution < -0.4 is 11.1 Å². The van der Waals surface area contributed by atoms with E-state index in [-0.39, 0.29) is 11.9 Å². The minimum atomic E-state index is -0.506. The Labute approximate surface area is 123 Å². The predicted molar refractivity (Wildman–Crippen MR) is 78.9 cm³/mol. The molecule has 2 aromatic rings. The first-order valence-electron chi connectivity index (χ1n) is 6.79. The fourth-order valence-corrected chi connectivity index (χ4v) is 1.98. The van der Waals surface area contributed by atoms with Crippen molar-refractivity contribution in [1.29, 1.82) is 0 Å². The average molecular weight is 286 g/mol. The third-order valence-electron chi connectivity index (χ3n) is 3.21. The van der Waals surface area contributed by atoms with E-state index in [0.717, 1.165) is 18.6 Å². The minimum Gasteiger partial charge on any atom is -0.469 e. The summed E-state index contributed by atoms with van der Waals surface area (Å²) < 4.78 is 5.25. The van der Waals surface area contributed by atoms with Crippen molar-refractivity contribution in [3.05, 3.63) is 59.5 Å². The maximum absolute atomic E-state index is 12.0. The van der Waals surface area contributed by atoms with Crippen molar-refractivity contribution in [2.24, 2.45) is 5.73 Å². The smallest absolute Gasteiger partial charge is 0.251 e. The van der Waals surface area contributed by atoms with Crippen molar-refractivity contribution in [2.45, 2.75) is 25.8 Å². The molecule has 1 aromatic heterocycles. The van der Waals surface area contributed by atoms with Crippen LogP contribution in [0.5, 0.6) is 0 Å². The van der Waals surface area contributed by atoms with Gasteiger partial charge < -0.3 is 15.5 Å². The quantitative estimate of drug-likeness (QED) is 0.853. The lowest BCUT2D eigenvalue weighted by molar-refractivity contribution is 0.0936. The third-order valence-corrected chi connectivity index (χ3v) is 3.21. The van der Waals surface area contributed by atoms with Gasteiger partial charge in [0.2, 0.25) is 5.91 Å². The summed E-state index contributed by atoms with van der Waals surface area (Å²) in [4.78, 5) is 23.0. The van der Waals surface area contributed by atoms with Gasteiger partial charge in [-0.1, -0.05) is 0 Å². The number of nitrogens with two attached hydrogens (primary N) is 1. The van der Waals surface area contributed by atoms with Gasteiger partial charge in [-0.25, -0.2) is 0 Å². The zero-order chi connectivity index (χ0) is 15.2. The van der Waals surface area contributed by atoms with Gasteiger partial charge in [-0.2, -0.15) is 0 Å². The monoisotopic (exact) mass is 286 g/mol. The molecule has 0 aliphatic rings. The molecule has 0 spiro atoms. The van der Waals surface area contributed by atoms with Crippen LogP contribution in [0.2, 0.25) is 0 Å². The van der Waals surface area contributed by atoms with Gasteiger partial charge in [0.05, 0.1) is 6.26 Å². The van der Waals surface area contributed by atoms with Crippen molar-refractivity contribution in [1.82, 2.24) is 5.32 Å². The predicted octanol–water partition coefficient (Wildman–Crippen LogP) is 2.13. The van der Waals surface area contributed by atoms with Crippen LogP contribution in [0.4, 0.5) is 0 Å². The number of hydrogen-bond acceptors (Lipinski definition) is 3. The number of nitrogens with one attached hydrogen (secondary N) is 1. The Bertz CT molecular complexity index is 603. The molecule has 1 aromatic carbocycles. The second kappa shape index (κ2) is 6.74. The highest BCUT2D eigenvalue weighted by Crippen LogP contribution is 2.08. The Morgan fingerprint density at radius 1 is 1.19 bits per heavy atom. The molecule has 0 fully saturated rings. The lowest BCUT2D eigenvalue weighted by Gasteiger charge is -2.13. The molecule has 2 rings (SSSR count). The van der Waals surface area contributed by atoms with Gasteiger partial charge in [-0.15, -0.1) is 0 Å². The lowest BCUT2D eigenvalue weighted by Crippen LogP contribution is -2.32. The summed E-state index contributed by atoms with van der Waals surface area (Å²) in [5.74, 6) is 0.230. The van der Waals surface area contributed by atoms with E-state index in [1.807, 2.05) is 19.1 Å². The van der Waals surface area contributed by atoms with Crippen molar-refractivity contribution >= 4 is 11.8 Å². The van der Waals surface area contributed by atoms with Crippen LogP contribution in [0.1, 0.15) is 39.8 Å². The standard InChI is InChI=1S/C16H18N2O3/c1-11(4-9-14-3-2-10-21-14)18-16(20)13-7-5-12(6-8-13)15(17)19/h2-3,5-8,10-11H,4,9H2,1H3,(H2,17,19)(H,18,20)/t11-/m1/s1. The minimum absolute atomic E-state index is 0.0263. The number of carbonyl (C=O) groups excluding carboxylic acids is 2. The van der Waals surface area contributed by atoms with Gasteiger partial charge in [0.15, 0.2) is 0 Å². The first kappa shape index (κ1) is 14.8. The molecule has 5 nitrogen and oxygen atoms in total. The Morgan fingerprint density at radius 2 is 1.86 bits per heavy atom. The number of primary amides is 1. The summed E-state index contributed by atoms with van der Waals surface area (Å²) in [6.07, 6.45) is 3.20. The zero-order valence-corrected chi connectivity index (χ0v) is 11.8. The first-order chi connectivity index (χ1) is 10.1. The van der Waals surface area contributed by atoms with Gasteiger partial charge in [-0.3, -0.25) is 9.59 Å². The second-order valence-electron chi connectivity index (χ2n) is 4.93. The van der Waals surface area contributed by atoms with E-state index in [2.05, 4.69) is 5.32 Å². The molecule has 3 N–H and O–H groups in total. The van der Waals surface area contributed by atoms with Crippen molar-refractivity contribution in [3.8, 4) is 0 Å². The van der Waals surface area contributed by atoms with Gasteiger partial charge in [0.1, 0.15) is 5.76 Å². The fraction of sp³-hybridized carbons (Fsp3) is 0.250. The average Bonchev–Trinajstić information content (AvgIpc) is 2.98. The summed E-state index contributed by atoms with van der Waals surface area (Å²) in [5.41, 5.74) is 6.05. The van der Waals surface area contributed by atoms with Crippen molar-refractivity contribution < 1.29 is 14.0 Å². The van der Waals surface area contributed by atoms with Crippen LogP contribution >= 0.6 is 0 Å². The molecule has 2 amide bonds. The molecule has 1 atom stereocenters. The Kier molecular flexibility index (Phi) is 4.77. The largest absolute Gasteiger partial charge is 0.469 e. The number of hydrogen-bond donors (Lipinski definition) is 2. The summed E-state index contributed by atoms with van der Waals surface area (Å²) in [6, 6.07) is 10.1.